The van der Waals surface area contributed by atoms with Crippen LogP contribution in [-0.4, -0.2) is 52.0 Å². The molecular formula is C24H32O7. The minimum atomic E-state index is -0.110. The van der Waals surface area contributed by atoms with Crippen molar-refractivity contribution in [3.63, 3.8) is 0 Å². The molecule has 3 rings (SSSR count). The van der Waals surface area contributed by atoms with Crippen LogP contribution in [0.4, 0.5) is 0 Å². The summed E-state index contributed by atoms with van der Waals surface area (Å²) in [5.74, 6) is 1.53. The molecule has 0 saturated heterocycles. The quantitative estimate of drug-likeness (QED) is 0.384. The van der Waals surface area contributed by atoms with Crippen molar-refractivity contribution in [3.05, 3.63) is 64.6 Å². The van der Waals surface area contributed by atoms with E-state index in [2.05, 4.69) is 0 Å². The van der Waals surface area contributed by atoms with E-state index in [-0.39, 0.29) is 63.1 Å². The summed E-state index contributed by atoms with van der Waals surface area (Å²) in [6.45, 7) is 0.466. The van der Waals surface area contributed by atoms with Crippen LogP contribution in [0.15, 0.2) is 53.5 Å². The maximum Gasteiger partial charge on any atom is 0.116 e. The first-order chi connectivity index (χ1) is 15.0. The lowest BCUT2D eigenvalue weighted by molar-refractivity contribution is 0.119. The topological polar surface area (TPSA) is 120 Å². The molecular weight excluding hydrogens is 400 g/mol. The summed E-state index contributed by atoms with van der Waals surface area (Å²) in [6.07, 6.45) is 7.47. The molecule has 3 atom stereocenters. The number of phenols is 1. The minimum absolute atomic E-state index is 0.0120. The number of rotatable bonds is 10. The van der Waals surface area contributed by atoms with Crippen LogP contribution in [0.2, 0.25) is 0 Å². The summed E-state index contributed by atoms with van der Waals surface area (Å²) in [6, 6.07) is 5.16. The number of phenolic OH excluding ortho intramolecular Hbond substituents is 1. The number of ether oxygens (including phenoxy) is 2. The van der Waals surface area contributed by atoms with Gasteiger partial charge in [-0.05, 0) is 59.4 Å². The second-order valence-electron chi connectivity index (χ2n) is 8.31. The molecule has 1 aromatic carbocycles. The fourth-order valence-corrected chi connectivity index (χ4v) is 4.08. The van der Waals surface area contributed by atoms with Gasteiger partial charge in [0.15, 0.2) is 0 Å². The van der Waals surface area contributed by atoms with Crippen molar-refractivity contribution < 1.29 is 35.0 Å². The van der Waals surface area contributed by atoms with Crippen LogP contribution in [0.5, 0.6) is 5.75 Å². The molecule has 31 heavy (non-hydrogen) atoms. The molecule has 0 amide bonds. The van der Waals surface area contributed by atoms with Crippen molar-refractivity contribution in [3.8, 4) is 5.75 Å². The van der Waals surface area contributed by atoms with E-state index in [1.165, 1.54) is 0 Å². The zero-order valence-electron chi connectivity index (χ0n) is 17.6. The Morgan fingerprint density at radius 2 is 1.45 bits per heavy atom. The summed E-state index contributed by atoms with van der Waals surface area (Å²) in [5, 5.41) is 47.8. The summed E-state index contributed by atoms with van der Waals surface area (Å²) in [7, 11) is 0. The molecule has 5 N–H and O–H groups in total. The molecule has 170 valence electrons. The average Bonchev–Trinajstić information content (AvgIpc) is 2.80. The predicted octanol–water partition coefficient (Wildman–Crippen LogP) is 2.13. The number of aliphatic hydroxyl groups excluding tert-OH is 4. The molecule has 3 unspecified atom stereocenters. The zero-order chi connectivity index (χ0) is 22.2. The van der Waals surface area contributed by atoms with Gasteiger partial charge in [-0.15, -0.1) is 0 Å². The Hall–Kier alpha value is -2.32. The van der Waals surface area contributed by atoms with E-state index in [9.17, 15) is 25.5 Å². The van der Waals surface area contributed by atoms with Gasteiger partial charge in [0.1, 0.15) is 19.0 Å². The monoisotopic (exact) mass is 432 g/mol. The van der Waals surface area contributed by atoms with Crippen LogP contribution in [0, 0.1) is 17.8 Å². The fourth-order valence-electron chi connectivity index (χ4n) is 4.08. The summed E-state index contributed by atoms with van der Waals surface area (Å²) in [4.78, 5) is 0. The molecule has 2 aliphatic carbocycles. The van der Waals surface area contributed by atoms with Crippen molar-refractivity contribution in [2.24, 2.45) is 17.8 Å². The highest BCUT2D eigenvalue weighted by Crippen LogP contribution is 2.30. The van der Waals surface area contributed by atoms with Gasteiger partial charge in [0.2, 0.25) is 0 Å². The Morgan fingerprint density at radius 1 is 0.774 bits per heavy atom. The van der Waals surface area contributed by atoms with Crippen molar-refractivity contribution in [2.45, 2.75) is 32.5 Å². The average molecular weight is 433 g/mol. The molecule has 0 bridgehead atoms. The van der Waals surface area contributed by atoms with Crippen molar-refractivity contribution in [2.75, 3.05) is 26.4 Å². The van der Waals surface area contributed by atoms with Crippen LogP contribution in [0.3, 0.4) is 0 Å². The van der Waals surface area contributed by atoms with E-state index in [1.54, 1.807) is 18.2 Å². The van der Waals surface area contributed by atoms with Gasteiger partial charge in [-0.3, -0.25) is 0 Å². The number of aromatic hydroxyl groups is 1. The Kier molecular flexibility index (Phi) is 8.54. The SMILES string of the molecule is OCC1=CC(CO)CC(OCc2cc(O)cc(COC3=CC(CO)CC(CO)C3)c2)=C1. The third-order valence-electron chi connectivity index (χ3n) is 5.60. The zero-order valence-corrected chi connectivity index (χ0v) is 17.6. The first-order valence-electron chi connectivity index (χ1n) is 10.7. The van der Waals surface area contributed by atoms with Gasteiger partial charge in [0.05, 0.1) is 18.1 Å². The van der Waals surface area contributed by atoms with Crippen LogP contribution >= 0.6 is 0 Å². The van der Waals surface area contributed by atoms with E-state index in [1.807, 2.05) is 18.2 Å². The van der Waals surface area contributed by atoms with Gasteiger partial charge in [-0.2, -0.15) is 0 Å². The highest BCUT2D eigenvalue weighted by atomic mass is 16.5. The second-order valence-corrected chi connectivity index (χ2v) is 8.31. The predicted molar refractivity (Wildman–Crippen MR) is 115 cm³/mol. The van der Waals surface area contributed by atoms with Crippen molar-refractivity contribution in [1.82, 2.24) is 0 Å². The van der Waals surface area contributed by atoms with Gasteiger partial charge in [-0.25, -0.2) is 0 Å². The molecule has 0 aliphatic heterocycles. The lowest BCUT2D eigenvalue weighted by Gasteiger charge is -2.26. The standard InChI is InChI=1S/C24H32O7/c25-10-16-1-17(11-26)7-23(6-16)30-14-20-3-21(5-22(29)4-20)15-31-24-8-18(12-27)2-19(9-24)13-28/h1,3-6,8,17-19,25-29H,2,7,9-15H2. The second kappa shape index (κ2) is 11.3. The smallest absolute Gasteiger partial charge is 0.116 e. The number of aliphatic hydroxyl groups is 4. The molecule has 0 heterocycles. The minimum Gasteiger partial charge on any atom is -0.508 e. The molecule has 0 aromatic heterocycles. The molecule has 7 nitrogen and oxygen atoms in total. The van der Waals surface area contributed by atoms with Gasteiger partial charge in [-0.1, -0.05) is 6.08 Å². The Morgan fingerprint density at radius 3 is 2.06 bits per heavy atom. The van der Waals surface area contributed by atoms with Crippen LogP contribution in [-0.2, 0) is 22.7 Å². The number of hydrogen-bond acceptors (Lipinski definition) is 7. The fraction of sp³-hybridized carbons (Fsp3) is 0.500. The summed E-state index contributed by atoms with van der Waals surface area (Å²) >= 11 is 0. The maximum absolute atomic E-state index is 10.1. The molecule has 0 fully saturated rings. The molecule has 7 heteroatoms. The van der Waals surface area contributed by atoms with E-state index < -0.39 is 0 Å². The molecule has 0 spiro atoms. The first-order valence-corrected chi connectivity index (χ1v) is 10.7. The van der Waals surface area contributed by atoms with Gasteiger partial charge >= 0.3 is 0 Å². The van der Waals surface area contributed by atoms with Crippen molar-refractivity contribution >= 4 is 0 Å². The Balaban J connectivity index is 1.61. The van der Waals surface area contributed by atoms with Crippen LogP contribution in [0.25, 0.3) is 0 Å². The van der Waals surface area contributed by atoms with Gasteiger partial charge < -0.3 is 35.0 Å². The van der Waals surface area contributed by atoms with Gasteiger partial charge in [0.25, 0.3) is 0 Å². The summed E-state index contributed by atoms with van der Waals surface area (Å²) in [5.41, 5.74) is 2.28. The van der Waals surface area contributed by atoms with E-state index in [4.69, 9.17) is 9.47 Å². The summed E-state index contributed by atoms with van der Waals surface area (Å²) < 4.78 is 11.8. The highest BCUT2D eigenvalue weighted by molar-refractivity contribution is 5.33. The van der Waals surface area contributed by atoms with E-state index >= 15 is 0 Å². The normalized spacial score (nSPS) is 23.6. The van der Waals surface area contributed by atoms with Crippen molar-refractivity contribution in [1.29, 1.82) is 0 Å². The first kappa shape index (κ1) is 23.3. The Labute approximate surface area is 182 Å². The maximum atomic E-state index is 10.1. The number of benzene rings is 1. The third kappa shape index (κ3) is 6.83. The molecule has 2 aliphatic rings. The van der Waals surface area contributed by atoms with Crippen LogP contribution < -0.4 is 0 Å². The van der Waals surface area contributed by atoms with E-state index in [0.29, 0.717) is 24.2 Å². The number of hydrogen-bond donors (Lipinski definition) is 5. The molecule has 1 aromatic rings. The highest BCUT2D eigenvalue weighted by Gasteiger charge is 2.22. The lowest BCUT2D eigenvalue weighted by Crippen LogP contribution is -2.20. The Bertz CT molecular complexity index is 827. The third-order valence-corrected chi connectivity index (χ3v) is 5.60. The molecule has 0 radical (unpaired) electrons. The van der Waals surface area contributed by atoms with Gasteiger partial charge in [0, 0.05) is 44.5 Å². The number of allylic oxidation sites excluding steroid dienone is 2. The van der Waals surface area contributed by atoms with E-state index in [0.717, 1.165) is 23.3 Å². The lowest BCUT2D eigenvalue weighted by atomic mass is 9.86. The molecule has 0 saturated carbocycles. The largest absolute Gasteiger partial charge is 0.508 e. The van der Waals surface area contributed by atoms with Crippen LogP contribution in [0.1, 0.15) is 30.4 Å².